The van der Waals surface area contributed by atoms with Gasteiger partial charge in [-0.05, 0) is 53.6 Å². The van der Waals surface area contributed by atoms with Gasteiger partial charge in [-0.1, -0.05) is 30.2 Å². The smallest absolute Gasteiger partial charge is 0.141 e. The minimum atomic E-state index is 0.740. The fourth-order valence-corrected chi connectivity index (χ4v) is 2.94. The predicted octanol–water partition coefficient (Wildman–Crippen LogP) is 5.03. The lowest BCUT2D eigenvalue weighted by atomic mass is 10.0. The Bertz CT molecular complexity index is 1140. The predicted molar refractivity (Wildman–Crippen MR) is 109 cm³/mol. The number of aromatic nitrogens is 2. The number of nitrogens with zero attached hydrogens (tertiary/aromatic N) is 2. The van der Waals surface area contributed by atoms with E-state index in [4.69, 9.17) is 11.2 Å². The molecule has 130 valence electrons. The van der Waals surface area contributed by atoms with E-state index in [0.29, 0.717) is 0 Å². The molecule has 0 aliphatic rings. The minimum Gasteiger partial charge on any atom is -0.497 e. The van der Waals surface area contributed by atoms with Gasteiger partial charge in [-0.25, -0.2) is 9.97 Å². The third kappa shape index (κ3) is 3.44. The molecule has 0 spiro atoms. The highest BCUT2D eigenvalue weighted by atomic mass is 16.5. The molecule has 0 saturated carbocycles. The Hall–Kier alpha value is -3.84. The molecule has 0 bridgehead atoms. The summed E-state index contributed by atoms with van der Waals surface area (Å²) >= 11 is 0. The van der Waals surface area contributed by atoms with Gasteiger partial charge in [0, 0.05) is 16.6 Å². The fraction of sp³-hybridized carbons (Fsp3) is 0.0435. The molecule has 4 rings (SSSR count). The van der Waals surface area contributed by atoms with Crippen molar-refractivity contribution < 1.29 is 4.74 Å². The molecule has 0 radical (unpaired) electrons. The minimum absolute atomic E-state index is 0.740. The van der Waals surface area contributed by atoms with Gasteiger partial charge in [0.05, 0.1) is 12.6 Å². The van der Waals surface area contributed by atoms with Gasteiger partial charge in [0.2, 0.25) is 0 Å². The van der Waals surface area contributed by atoms with Crippen LogP contribution in [0.1, 0.15) is 5.56 Å². The van der Waals surface area contributed by atoms with Gasteiger partial charge < -0.3 is 10.1 Å². The van der Waals surface area contributed by atoms with E-state index in [0.717, 1.165) is 44.8 Å². The first-order valence-corrected chi connectivity index (χ1v) is 8.50. The molecule has 0 saturated heterocycles. The zero-order valence-corrected chi connectivity index (χ0v) is 14.8. The number of hydrogen-bond donors (Lipinski definition) is 1. The summed E-state index contributed by atoms with van der Waals surface area (Å²) in [5, 5.41) is 4.29. The molecule has 27 heavy (non-hydrogen) atoms. The monoisotopic (exact) mass is 351 g/mol. The molecule has 0 unspecified atom stereocenters. The largest absolute Gasteiger partial charge is 0.497 e. The van der Waals surface area contributed by atoms with Crippen molar-refractivity contribution in [3.63, 3.8) is 0 Å². The van der Waals surface area contributed by atoms with Crippen LogP contribution in [0.2, 0.25) is 0 Å². The summed E-state index contributed by atoms with van der Waals surface area (Å²) in [6.07, 6.45) is 7.05. The maximum Gasteiger partial charge on any atom is 0.141 e. The van der Waals surface area contributed by atoms with Gasteiger partial charge in [0.25, 0.3) is 0 Å². The maximum absolute atomic E-state index is 5.50. The van der Waals surface area contributed by atoms with Crippen LogP contribution < -0.4 is 10.1 Å². The molecule has 1 N–H and O–H groups in total. The van der Waals surface area contributed by atoms with E-state index in [1.54, 1.807) is 13.4 Å². The van der Waals surface area contributed by atoms with Crippen molar-refractivity contribution in [3.8, 4) is 29.2 Å². The van der Waals surface area contributed by atoms with Crippen molar-refractivity contribution in [2.24, 2.45) is 0 Å². The SMILES string of the molecule is C#Cc1cccc(Nc2ncnc3ccc(-c4ccc(OC)cc4)cc23)c1. The number of terminal acetylenes is 1. The highest BCUT2D eigenvalue weighted by molar-refractivity contribution is 5.93. The quantitative estimate of drug-likeness (QED) is 0.524. The van der Waals surface area contributed by atoms with E-state index < -0.39 is 0 Å². The first kappa shape index (κ1) is 16.6. The van der Waals surface area contributed by atoms with Crippen molar-refractivity contribution in [1.82, 2.24) is 9.97 Å². The Labute approximate surface area is 157 Å². The number of fused-ring (bicyclic) bond motifs is 1. The van der Waals surface area contributed by atoms with E-state index in [1.165, 1.54) is 0 Å². The molecule has 3 aromatic carbocycles. The Morgan fingerprint density at radius 1 is 0.926 bits per heavy atom. The fourth-order valence-electron chi connectivity index (χ4n) is 2.94. The maximum atomic E-state index is 5.50. The van der Waals surface area contributed by atoms with Gasteiger partial charge in [0.1, 0.15) is 17.9 Å². The molecule has 4 aromatic rings. The van der Waals surface area contributed by atoms with E-state index in [9.17, 15) is 0 Å². The Morgan fingerprint density at radius 2 is 1.74 bits per heavy atom. The molecule has 0 aliphatic carbocycles. The molecule has 0 aliphatic heterocycles. The van der Waals surface area contributed by atoms with Crippen LogP contribution in [0, 0.1) is 12.3 Å². The first-order valence-electron chi connectivity index (χ1n) is 8.50. The number of hydrogen-bond acceptors (Lipinski definition) is 4. The van der Waals surface area contributed by atoms with Crippen LogP contribution in [0.25, 0.3) is 22.0 Å². The van der Waals surface area contributed by atoms with Crippen LogP contribution in [-0.4, -0.2) is 17.1 Å². The van der Waals surface area contributed by atoms with E-state index >= 15 is 0 Å². The number of methoxy groups -OCH3 is 1. The Kier molecular flexibility index (Phi) is 4.42. The Balaban J connectivity index is 1.75. The van der Waals surface area contributed by atoms with E-state index in [1.807, 2.05) is 54.6 Å². The Morgan fingerprint density at radius 3 is 2.52 bits per heavy atom. The molecule has 0 atom stereocenters. The molecule has 0 fully saturated rings. The number of anilines is 2. The van der Waals surface area contributed by atoms with Crippen molar-refractivity contribution >= 4 is 22.4 Å². The zero-order valence-electron chi connectivity index (χ0n) is 14.8. The molecular formula is C23H17N3O. The normalized spacial score (nSPS) is 10.4. The van der Waals surface area contributed by atoms with E-state index in [2.05, 4.69) is 33.3 Å². The summed E-state index contributed by atoms with van der Waals surface area (Å²) in [5.74, 6) is 4.22. The summed E-state index contributed by atoms with van der Waals surface area (Å²) < 4.78 is 5.24. The second kappa shape index (κ2) is 7.19. The second-order valence-corrected chi connectivity index (χ2v) is 6.03. The number of nitrogens with one attached hydrogen (secondary N) is 1. The number of benzene rings is 3. The third-order valence-electron chi connectivity index (χ3n) is 4.35. The van der Waals surface area contributed by atoms with Crippen molar-refractivity contribution in [2.45, 2.75) is 0 Å². The van der Waals surface area contributed by atoms with Gasteiger partial charge in [-0.15, -0.1) is 6.42 Å². The van der Waals surface area contributed by atoms with Gasteiger partial charge in [0.15, 0.2) is 0 Å². The zero-order chi connectivity index (χ0) is 18.6. The highest BCUT2D eigenvalue weighted by Crippen LogP contribution is 2.29. The average Bonchev–Trinajstić information content (AvgIpc) is 2.74. The van der Waals surface area contributed by atoms with Crippen LogP contribution >= 0.6 is 0 Å². The summed E-state index contributed by atoms with van der Waals surface area (Å²) in [6, 6.07) is 21.8. The van der Waals surface area contributed by atoms with Crippen LogP contribution in [0.3, 0.4) is 0 Å². The molecule has 4 heteroatoms. The number of ether oxygens (including phenoxy) is 1. The average molecular weight is 351 g/mol. The molecule has 1 heterocycles. The van der Waals surface area contributed by atoms with Crippen molar-refractivity contribution in [2.75, 3.05) is 12.4 Å². The highest BCUT2D eigenvalue weighted by Gasteiger charge is 2.07. The molecule has 0 amide bonds. The van der Waals surface area contributed by atoms with E-state index in [-0.39, 0.29) is 0 Å². The van der Waals surface area contributed by atoms with Crippen molar-refractivity contribution in [1.29, 1.82) is 0 Å². The van der Waals surface area contributed by atoms with Crippen LogP contribution in [0.4, 0.5) is 11.5 Å². The molecular weight excluding hydrogens is 334 g/mol. The summed E-state index contributed by atoms with van der Waals surface area (Å²) in [7, 11) is 1.66. The first-order chi connectivity index (χ1) is 13.3. The summed E-state index contributed by atoms with van der Waals surface area (Å²) in [6.45, 7) is 0. The lowest BCUT2D eigenvalue weighted by molar-refractivity contribution is 0.415. The van der Waals surface area contributed by atoms with Crippen LogP contribution in [0.15, 0.2) is 73.1 Å². The number of rotatable bonds is 4. The lowest BCUT2D eigenvalue weighted by Gasteiger charge is -2.10. The standard InChI is InChI=1S/C23H17N3O/c1-3-16-5-4-6-19(13-16)26-23-21-14-18(9-12-22(21)24-15-25-23)17-7-10-20(27-2)11-8-17/h1,4-15H,2H3,(H,24,25,26). The van der Waals surface area contributed by atoms with Crippen molar-refractivity contribution in [3.05, 3.63) is 78.6 Å². The molecule has 4 nitrogen and oxygen atoms in total. The van der Waals surface area contributed by atoms with Gasteiger partial charge in [-0.3, -0.25) is 0 Å². The summed E-state index contributed by atoms with van der Waals surface area (Å²) in [4.78, 5) is 8.80. The van der Waals surface area contributed by atoms with Crippen LogP contribution in [-0.2, 0) is 0 Å². The lowest BCUT2D eigenvalue weighted by Crippen LogP contribution is -1.96. The molecule has 1 aromatic heterocycles. The topological polar surface area (TPSA) is 47.0 Å². The summed E-state index contributed by atoms with van der Waals surface area (Å²) in [5.41, 5.74) is 4.76. The van der Waals surface area contributed by atoms with Crippen LogP contribution in [0.5, 0.6) is 5.75 Å². The van der Waals surface area contributed by atoms with Gasteiger partial charge >= 0.3 is 0 Å². The third-order valence-corrected chi connectivity index (χ3v) is 4.35. The second-order valence-electron chi connectivity index (χ2n) is 6.03. The van der Waals surface area contributed by atoms with Gasteiger partial charge in [-0.2, -0.15) is 0 Å².